The molecule has 0 radical (unpaired) electrons. The number of amides is 1. The van der Waals surface area contributed by atoms with E-state index in [9.17, 15) is 4.79 Å². The van der Waals surface area contributed by atoms with Gasteiger partial charge in [0.15, 0.2) is 0 Å². The molecule has 0 bridgehead atoms. The van der Waals surface area contributed by atoms with Crippen LogP contribution in [0.25, 0.3) is 0 Å². The van der Waals surface area contributed by atoms with Gasteiger partial charge in [0.25, 0.3) is 0 Å². The number of ether oxygens (including phenoxy) is 2. The Morgan fingerprint density at radius 1 is 1.35 bits per heavy atom. The van der Waals surface area contributed by atoms with E-state index in [1.165, 1.54) is 0 Å². The quantitative estimate of drug-likeness (QED) is 0.574. The summed E-state index contributed by atoms with van der Waals surface area (Å²) in [5.74, 6) is -0.235. The maximum Gasteiger partial charge on any atom is 0.250 e. The third-order valence-electron chi connectivity index (χ3n) is 2.44. The molecule has 5 nitrogen and oxygen atoms in total. The van der Waals surface area contributed by atoms with Crippen molar-refractivity contribution < 1.29 is 14.3 Å². The lowest BCUT2D eigenvalue weighted by atomic mass is 10.2. The predicted molar refractivity (Wildman–Crippen MR) is 86.5 cm³/mol. The van der Waals surface area contributed by atoms with Gasteiger partial charge in [-0.1, -0.05) is 15.9 Å². The number of benzene rings is 1. The number of rotatable bonds is 7. The van der Waals surface area contributed by atoms with Gasteiger partial charge in [0.2, 0.25) is 5.91 Å². The number of anilines is 2. The van der Waals surface area contributed by atoms with Crippen LogP contribution in [0.5, 0.6) is 0 Å². The number of nitrogens with one attached hydrogen (secondary N) is 1. The van der Waals surface area contributed by atoms with Crippen LogP contribution in [-0.2, 0) is 14.3 Å². The van der Waals surface area contributed by atoms with Crippen LogP contribution in [0.4, 0.5) is 11.4 Å². The smallest absolute Gasteiger partial charge is 0.250 e. The Morgan fingerprint density at radius 2 is 2.00 bits per heavy atom. The van der Waals surface area contributed by atoms with Crippen molar-refractivity contribution in [3.63, 3.8) is 0 Å². The van der Waals surface area contributed by atoms with Gasteiger partial charge in [-0.15, -0.1) is 12.4 Å². The molecule has 0 aliphatic heterocycles. The molecule has 1 rings (SSSR count). The van der Waals surface area contributed by atoms with Crippen LogP contribution in [-0.4, -0.2) is 32.3 Å². The molecule has 0 saturated heterocycles. The number of carbonyl (C=O) groups excluding carboxylic acids is 1. The molecule has 20 heavy (non-hydrogen) atoms. The molecule has 0 atom stereocenters. The van der Waals surface area contributed by atoms with E-state index in [2.05, 4.69) is 21.2 Å². The summed E-state index contributed by atoms with van der Waals surface area (Å²) in [5.41, 5.74) is 7.95. The van der Waals surface area contributed by atoms with Gasteiger partial charge in [0.1, 0.15) is 6.61 Å². The minimum atomic E-state index is -0.235. The number of aryl methyl sites for hydroxylation is 1. The van der Waals surface area contributed by atoms with E-state index in [1.54, 1.807) is 6.07 Å². The van der Waals surface area contributed by atoms with Crippen molar-refractivity contribution in [1.29, 1.82) is 0 Å². The highest BCUT2D eigenvalue weighted by Crippen LogP contribution is 2.27. The summed E-state index contributed by atoms with van der Waals surface area (Å²) in [6, 6.07) is 3.66. The number of hydrogen-bond donors (Lipinski definition) is 2. The summed E-state index contributed by atoms with van der Waals surface area (Å²) in [5, 5.41) is 2.72. The van der Waals surface area contributed by atoms with Crippen molar-refractivity contribution in [2.75, 3.05) is 37.5 Å². The molecule has 0 aliphatic rings. The second-order valence-corrected chi connectivity index (χ2v) is 4.90. The second kappa shape index (κ2) is 9.99. The highest BCUT2D eigenvalue weighted by atomic mass is 79.9. The van der Waals surface area contributed by atoms with Gasteiger partial charge >= 0.3 is 0 Å². The first-order chi connectivity index (χ1) is 9.04. The average molecular weight is 368 g/mol. The second-order valence-electron chi connectivity index (χ2n) is 3.98. The molecule has 1 aromatic carbocycles. The topological polar surface area (TPSA) is 73.6 Å². The molecule has 0 aromatic heterocycles. The van der Waals surface area contributed by atoms with Crippen LogP contribution in [0, 0.1) is 6.92 Å². The van der Waals surface area contributed by atoms with Gasteiger partial charge in [-0.2, -0.15) is 0 Å². The Balaban J connectivity index is 0.00000361. The minimum Gasteiger partial charge on any atom is -0.397 e. The molecule has 1 amide bonds. The standard InChI is InChI=1S/C13H19BrN2O3.ClH/c1-3-18-4-5-19-8-12(17)16-11-7-10(14)6-9(2)13(11)15;/h6-7H,3-5,8,15H2,1-2H3,(H,16,17);1H. The molecular weight excluding hydrogens is 348 g/mol. The fraction of sp³-hybridized carbons (Fsp3) is 0.462. The normalized spacial score (nSPS) is 9.95. The fourth-order valence-electron chi connectivity index (χ4n) is 1.47. The first-order valence-electron chi connectivity index (χ1n) is 6.05. The third kappa shape index (κ3) is 6.56. The maximum absolute atomic E-state index is 11.7. The van der Waals surface area contributed by atoms with Crippen molar-refractivity contribution in [2.24, 2.45) is 0 Å². The van der Waals surface area contributed by atoms with Crippen molar-refractivity contribution in [3.05, 3.63) is 22.2 Å². The average Bonchev–Trinajstić information content (AvgIpc) is 2.35. The largest absolute Gasteiger partial charge is 0.397 e. The number of halogens is 2. The third-order valence-corrected chi connectivity index (χ3v) is 2.89. The van der Waals surface area contributed by atoms with Crippen LogP contribution in [0.15, 0.2) is 16.6 Å². The van der Waals surface area contributed by atoms with E-state index in [0.717, 1.165) is 10.0 Å². The lowest BCUT2D eigenvalue weighted by Gasteiger charge is -2.11. The van der Waals surface area contributed by atoms with Crippen molar-refractivity contribution >= 4 is 45.6 Å². The van der Waals surface area contributed by atoms with Crippen LogP contribution < -0.4 is 11.1 Å². The number of nitrogens with two attached hydrogens (primary N) is 1. The SMILES string of the molecule is CCOCCOCC(=O)Nc1cc(Br)cc(C)c1N.Cl. The van der Waals surface area contributed by atoms with Gasteiger partial charge in [-0.3, -0.25) is 4.79 Å². The Kier molecular flexibility index (Phi) is 9.58. The van der Waals surface area contributed by atoms with Gasteiger partial charge in [-0.05, 0) is 31.5 Å². The molecule has 7 heteroatoms. The van der Waals surface area contributed by atoms with Gasteiger partial charge in [0.05, 0.1) is 24.6 Å². The molecule has 3 N–H and O–H groups in total. The molecule has 0 aliphatic carbocycles. The van der Waals surface area contributed by atoms with Crippen LogP contribution >= 0.6 is 28.3 Å². The number of hydrogen-bond acceptors (Lipinski definition) is 4. The lowest BCUT2D eigenvalue weighted by molar-refractivity contribution is -0.121. The zero-order valence-corrected chi connectivity index (χ0v) is 14.0. The summed E-state index contributed by atoms with van der Waals surface area (Å²) >= 11 is 3.36. The van der Waals surface area contributed by atoms with E-state index in [0.29, 0.717) is 31.2 Å². The lowest BCUT2D eigenvalue weighted by Crippen LogP contribution is -2.20. The van der Waals surface area contributed by atoms with Crippen molar-refractivity contribution in [3.8, 4) is 0 Å². The first kappa shape index (κ1) is 19.2. The highest BCUT2D eigenvalue weighted by Gasteiger charge is 2.08. The van der Waals surface area contributed by atoms with Crippen molar-refractivity contribution in [1.82, 2.24) is 0 Å². The molecule has 114 valence electrons. The van der Waals surface area contributed by atoms with E-state index < -0.39 is 0 Å². The van der Waals surface area contributed by atoms with Gasteiger partial charge in [0, 0.05) is 11.1 Å². The maximum atomic E-state index is 11.7. The summed E-state index contributed by atoms with van der Waals surface area (Å²) < 4.78 is 11.1. The van der Waals surface area contributed by atoms with Crippen LogP contribution in [0.2, 0.25) is 0 Å². The zero-order valence-electron chi connectivity index (χ0n) is 11.6. The van der Waals surface area contributed by atoms with E-state index in [4.69, 9.17) is 15.2 Å². The Labute approximate surface area is 133 Å². The van der Waals surface area contributed by atoms with Crippen LogP contribution in [0.1, 0.15) is 12.5 Å². The Bertz CT molecular complexity index is 444. The molecule has 0 heterocycles. The summed E-state index contributed by atoms with van der Waals surface area (Å²) in [6.07, 6.45) is 0. The Hall–Kier alpha value is -0.820. The monoisotopic (exact) mass is 366 g/mol. The van der Waals surface area contributed by atoms with Crippen LogP contribution in [0.3, 0.4) is 0 Å². The number of carbonyl (C=O) groups is 1. The van der Waals surface area contributed by atoms with Crippen molar-refractivity contribution in [2.45, 2.75) is 13.8 Å². The molecule has 0 spiro atoms. The molecule has 1 aromatic rings. The zero-order chi connectivity index (χ0) is 14.3. The Morgan fingerprint density at radius 3 is 2.65 bits per heavy atom. The summed E-state index contributed by atoms with van der Waals surface area (Å²) in [6.45, 7) is 5.30. The summed E-state index contributed by atoms with van der Waals surface area (Å²) in [4.78, 5) is 11.7. The molecule has 0 saturated carbocycles. The molecule has 0 fully saturated rings. The first-order valence-corrected chi connectivity index (χ1v) is 6.84. The van der Waals surface area contributed by atoms with E-state index in [1.807, 2.05) is 19.9 Å². The summed E-state index contributed by atoms with van der Waals surface area (Å²) in [7, 11) is 0. The highest BCUT2D eigenvalue weighted by molar-refractivity contribution is 9.10. The van der Waals surface area contributed by atoms with Gasteiger partial charge in [-0.25, -0.2) is 0 Å². The fourth-order valence-corrected chi connectivity index (χ4v) is 2.04. The molecular formula is C13H20BrClN2O3. The van der Waals surface area contributed by atoms with E-state index in [-0.39, 0.29) is 24.9 Å². The molecule has 0 unspecified atom stereocenters. The predicted octanol–water partition coefficient (Wildman–Crippen LogP) is 2.75. The minimum absolute atomic E-state index is 0. The van der Waals surface area contributed by atoms with E-state index >= 15 is 0 Å². The number of nitrogen functional groups attached to an aromatic ring is 1. The van der Waals surface area contributed by atoms with Gasteiger partial charge < -0.3 is 20.5 Å².